The molecule has 35 heavy (non-hydrogen) atoms. The highest BCUT2D eigenvalue weighted by Crippen LogP contribution is 2.26. The van der Waals surface area contributed by atoms with E-state index in [1.807, 2.05) is 0 Å². The normalized spacial score (nSPS) is 12.3. The van der Waals surface area contributed by atoms with Gasteiger partial charge in [0, 0.05) is 35.4 Å². The molecule has 0 saturated carbocycles. The molecule has 0 radical (unpaired) electrons. The predicted octanol–water partition coefficient (Wildman–Crippen LogP) is 3.04. The second-order valence-corrected chi connectivity index (χ2v) is 7.37. The van der Waals surface area contributed by atoms with Crippen LogP contribution >= 0.6 is 0 Å². The van der Waals surface area contributed by atoms with Crippen LogP contribution in [0.1, 0.15) is 41.4 Å². The van der Waals surface area contributed by atoms with Crippen molar-refractivity contribution in [1.82, 2.24) is 10.0 Å². The van der Waals surface area contributed by atoms with E-state index in [1.54, 1.807) is 0 Å². The lowest BCUT2D eigenvalue weighted by atomic mass is 10.1. The Morgan fingerprint density at radius 3 is 1.86 bits per heavy atom. The van der Waals surface area contributed by atoms with Crippen LogP contribution in [0.2, 0.25) is 0 Å². The number of carbonyl (C=O) groups is 4. The van der Waals surface area contributed by atoms with Crippen LogP contribution in [-0.2, 0) is 0 Å². The highest BCUT2D eigenvalue weighted by molar-refractivity contribution is 6.22. The molecule has 3 amide bonds. The number of carbonyl (C=O) groups excluding carboxylic acids is 4. The maximum Gasteiger partial charge on any atom is 0.280 e. The number of benzene rings is 3. The molecule has 1 heterocycles. The summed E-state index contributed by atoms with van der Waals surface area (Å²) < 4.78 is 0. The quantitative estimate of drug-likeness (QED) is 0.218. The number of non-ortho nitro benzene ring substituents is 2. The Hall–Kier alpha value is -5.26. The SMILES string of the molecule is O=C(CN(C(=O)c1ccc([N+](=O)[O-])cc1)N1C(=O)c2ccccc2C1=O)c1cccc([N+](=O)[O-])c1. The minimum absolute atomic E-state index is 0.0294. The van der Waals surface area contributed by atoms with Crippen molar-refractivity contribution in [2.45, 2.75) is 0 Å². The maximum atomic E-state index is 13.3. The molecular weight excluding hydrogens is 460 g/mol. The summed E-state index contributed by atoms with van der Waals surface area (Å²) in [6, 6.07) is 15.0. The Labute approximate surface area is 196 Å². The Morgan fingerprint density at radius 1 is 0.743 bits per heavy atom. The van der Waals surface area contributed by atoms with Crippen molar-refractivity contribution in [3.05, 3.63) is 115 Å². The third-order valence-electron chi connectivity index (χ3n) is 5.25. The monoisotopic (exact) mass is 474 g/mol. The van der Waals surface area contributed by atoms with Crippen LogP contribution in [0.4, 0.5) is 11.4 Å². The zero-order valence-electron chi connectivity index (χ0n) is 17.7. The molecule has 0 spiro atoms. The van der Waals surface area contributed by atoms with E-state index in [2.05, 4.69) is 0 Å². The molecule has 0 aromatic heterocycles. The lowest BCUT2D eigenvalue weighted by molar-refractivity contribution is -0.385. The number of fused-ring (bicyclic) bond motifs is 1. The predicted molar refractivity (Wildman–Crippen MR) is 119 cm³/mol. The molecule has 0 fully saturated rings. The summed E-state index contributed by atoms with van der Waals surface area (Å²) >= 11 is 0. The van der Waals surface area contributed by atoms with E-state index in [9.17, 15) is 39.4 Å². The standard InChI is InChI=1S/C23H14N4O8/c28-20(15-4-3-5-17(12-15)27(34)35)13-24(21(29)14-8-10-16(11-9-14)26(32)33)25-22(30)18-6-1-2-7-19(18)23(25)31/h1-12H,13H2. The summed E-state index contributed by atoms with van der Waals surface area (Å²) in [6.07, 6.45) is 0. The molecular formula is C23H14N4O8. The van der Waals surface area contributed by atoms with Gasteiger partial charge in [-0.3, -0.25) is 39.4 Å². The minimum atomic E-state index is -0.951. The van der Waals surface area contributed by atoms with Gasteiger partial charge in [0.1, 0.15) is 6.54 Å². The first kappa shape index (κ1) is 22.9. The van der Waals surface area contributed by atoms with Crippen molar-refractivity contribution in [2.75, 3.05) is 6.54 Å². The molecule has 3 aromatic carbocycles. The topological polar surface area (TPSA) is 161 Å². The van der Waals surface area contributed by atoms with E-state index < -0.39 is 39.9 Å². The number of hydrazine groups is 1. The second kappa shape index (κ2) is 8.94. The van der Waals surface area contributed by atoms with Gasteiger partial charge in [0.25, 0.3) is 29.1 Å². The van der Waals surface area contributed by atoms with Crippen LogP contribution in [-0.4, -0.2) is 49.9 Å². The molecule has 174 valence electrons. The summed E-state index contributed by atoms with van der Waals surface area (Å²) in [5, 5.41) is 23.2. The van der Waals surface area contributed by atoms with E-state index in [0.717, 1.165) is 30.3 Å². The number of nitro groups is 2. The van der Waals surface area contributed by atoms with Gasteiger partial charge in [-0.25, -0.2) is 5.01 Å². The number of hydrogen-bond donors (Lipinski definition) is 0. The van der Waals surface area contributed by atoms with Crippen molar-refractivity contribution in [1.29, 1.82) is 0 Å². The summed E-state index contributed by atoms with van der Waals surface area (Å²) in [4.78, 5) is 73.0. The summed E-state index contributed by atoms with van der Waals surface area (Å²) in [7, 11) is 0. The number of Topliss-reactive ketones (excluding diaryl/α,β-unsaturated/α-hetero) is 1. The molecule has 0 unspecified atom stereocenters. The van der Waals surface area contributed by atoms with Crippen LogP contribution < -0.4 is 0 Å². The molecule has 3 aromatic rings. The fraction of sp³-hybridized carbons (Fsp3) is 0.0435. The Balaban J connectivity index is 1.73. The second-order valence-electron chi connectivity index (χ2n) is 7.37. The lowest BCUT2D eigenvalue weighted by Gasteiger charge is -2.29. The average Bonchev–Trinajstić information content (AvgIpc) is 3.12. The van der Waals surface area contributed by atoms with Gasteiger partial charge in [0.15, 0.2) is 5.78 Å². The van der Waals surface area contributed by atoms with Crippen molar-refractivity contribution >= 4 is 34.9 Å². The zero-order chi connectivity index (χ0) is 25.3. The van der Waals surface area contributed by atoms with Gasteiger partial charge in [0.2, 0.25) is 0 Å². The highest BCUT2D eigenvalue weighted by Gasteiger charge is 2.42. The molecule has 0 atom stereocenters. The number of hydrogen-bond acceptors (Lipinski definition) is 8. The van der Waals surface area contributed by atoms with Gasteiger partial charge in [-0.1, -0.05) is 24.3 Å². The van der Waals surface area contributed by atoms with E-state index >= 15 is 0 Å². The fourth-order valence-electron chi connectivity index (χ4n) is 3.52. The third-order valence-corrected chi connectivity index (χ3v) is 5.25. The van der Waals surface area contributed by atoms with Crippen molar-refractivity contribution in [2.24, 2.45) is 0 Å². The summed E-state index contributed by atoms with van der Waals surface area (Å²) in [6.45, 7) is -0.803. The van der Waals surface area contributed by atoms with Gasteiger partial charge in [-0.15, -0.1) is 0 Å². The molecule has 0 N–H and O–H groups in total. The van der Waals surface area contributed by atoms with Gasteiger partial charge in [-0.2, -0.15) is 5.01 Å². The van der Waals surface area contributed by atoms with Crippen LogP contribution in [0.15, 0.2) is 72.8 Å². The molecule has 1 aliphatic rings. The molecule has 0 bridgehead atoms. The van der Waals surface area contributed by atoms with Crippen LogP contribution in [0, 0.1) is 20.2 Å². The van der Waals surface area contributed by atoms with Gasteiger partial charge in [0.05, 0.1) is 21.0 Å². The summed E-state index contributed by atoms with van der Waals surface area (Å²) in [5.41, 5.74) is -0.828. The summed E-state index contributed by atoms with van der Waals surface area (Å²) in [5.74, 6) is -3.41. The molecule has 12 nitrogen and oxygen atoms in total. The first-order chi connectivity index (χ1) is 16.7. The molecule has 12 heteroatoms. The van der Waals surface area contributed by atoms with Crippen molar-refractivity contribution < 1.29 is 29.0 Å². The number of nitrogens with zero attached hydrogens (tertiary/aromatic N) is 4. The van der Waals surface area contributed by atoms with Gasteiger partial charge in [-0.05, 0) is 24.3 Å². The van der Waals surface area contributed by atoms with E-state index in [4.69, 9.17) is 0 Å². The number of nitro benzene ring substituents is 2. The van der Waals surface area contributed by atoms with Gasteiger partial charge < -0.3 is 0 Å². The molecule has 0 saturated heterocycles. The van der Waals surface area contributed by atoms with E-state index in [-0.39, 0.29) is 33.6 Å². The van der Waals surface area contributed by atoms with Crippen molar-refractivity contribution in [3.8, 4) is 0 Å². The Morgan fingerprint density at radius 2 is 1.31 bits per heavy atom. The zero-order valence-corrected chi connectivity index (χ0v) is 17.7. The van der Waals surface area contributed by atoms with Crippen molar-refractivity contribution in [3.63, 3.8) is 0 Å². The van der Waals surface area contributed by atoms with Gasteiger partial charge >= 0.3 is 0 Å². The first-order valence-electron chi connectivity index (χ1n) is 10.0. The average molecular weight is 474 g/mol. The van der Waals surface area contributed by atoms with Crippen LogP contribution in [0.25, 0.3) is 0 Å². The number of imide groups is 1. The number of amides is 3. The Bertz CT molecular complexity index is 1380. The molecule has 1 aliphatic heterocycles. The fourth-order valence-corrected chi connectivity index (χ4v) is 3.52. The molecule has 0 aliphatic carbocycles. The van der Waals surface area contributed by atoms with Crippen LogP contribution in [0.3, 0.4) is 0 Å². The van der Waals surface area contributed by atoms with Crippen LogP contribution in [0.5, 0.6) is 0 Å². The highest BCUT2D eigenvalue weighted by atomic mass is 16.6. The largest absolute Gasteiger partial charge is 0.292 e. The third kappa shape index (κ3) is 4.23. The van der Waals surface area contributed by atoms with E-state index in [1.165, 1.54) is 42.5 Å². The maximum absolute atomic E-state index is 13.3. The molecule has 4 rings (SSSR count). The van der Waals surface area contributed by atoms with E-state index in [0.29, 0.717) is 10.0 Å². The smallest absolute Gasteiger partial charge is 0.280 e. The first-order valence-corrected chi connectivity index (χ1v) is 10.0. The minimum Gasteiger partial charge on any atom is -0.292 e. The Kier molecular flexibility index (Phi) is 5.85. The number of rotatable bonds is 7. The lowest BCUT2D eigenvalue weighted by Crippen LogP contribution is -2.51. The number of ketones is 1.